The summed E-state index contributed by atoms with van der Waals surface area (Å²) in [5.41, 5.74) is 8.41. The maximum absolute atomic E-state index is 12.7. The zero-order chi connectivity index (χ0) is 16.1. The summed E-state index contributed by atoms with van der Waals surface area (Å²) in [6.45, 7) is 7.36. The average molecular weight is 343 g/mol. The van der Waals surface area contributed by atoms with Gasteiger partial charge < -0.3 is 11.1 Å². The molecule has 1 amide bonds. The Morgan fingerprint density at radius 3 is 2.57 bits per heavy atom. The van der Waals surface area contributed by atoms with Gasteiger partial charge in [-0.25, -0.2) is 0 Å². The Labute approximate surface area is 145 Å². The van der Waals surface area contributed by atoms with Gasteiger partial charge in [0.1, 0.15) is 0 Å². The molecule has 1 heterocycles. The molecule has 0 bridgehead atoms. The molecule has 1 atom stereocenters. The standard InChI is InChI=1S/C17H30N4O.ClH/c1-4-10-21-13(3)16(12(2)20-21)17(22)19-15(11-18)14-8-6-5-7-9-14;/h14-15H,4-11,18H2,1-3H3,(H,19,22);1H. The zero-order valence-corrected chi connectivity index (χ0v) is 15.4. The van der Waals surface area contributed by atoms with Gasteiger partial charge in [0.15, 0.2) is 0 Å². The van der Waals surface area contributed by atoms with Crippen molar-refractivity contribution in [3.05, 3.63) is 17.0 Å². The fourth-order valence-corrected chi connectivity index (χ4v) is 3.60. The molecule has 23 heavy (non-hydrogen) atoms. The number of aromatic nitrogens is 2. The van der Waals surface area contributed by atoms with Gasteiger partial charge >= 0.3 is 0 Å². The number of halogens is 1. The van der Waals surface area contributed by atoms with Crippen molar-refractivity contribution in [1.82, 2.24) is 15.1 Å². The minimum absolute atomic E-state index is 0. The van der Waals surface area contributed by atoms with Crippen LogP contribution in [0.3, 0.4) is 0 Å². The molecule has 0 aliphatic heterocycles. The smallest absolute Gasteiger partial charge is 0.255 e. The summed E-state index contributed by atoms with van der Waals surface area (Å²) in [4.78, 5) is 12.7. The van der Waals surface area contributed by atoms with Crippen molar-refractivity contribution < 1.29 is 4.79 Å². The Hall–Kier alpha value is -1.07. The normalized spacial score (nSPS) is 16.7. The molecule has 1 aliphatic rings. The second kappa shape index (κ2) is 9.28. The monoisotopic (exact) mass is 342 g/mol. The van der Waals surface area contributed by atoms with Crippen LogP contribution < -0.4 is 11.1 Å². The van der Waals surface area contributed by atoms with Crippen LogP contribution in [0.4, 0.5) is 0 Å². The summed E-state index contributed by atoms with van der Waals surface area (Å²) >= 11 is 0. The van der Waals surface area contributed by atoms with E-state index in [-0.39, 0.29) is 24.4 Å². The van der Waals surface area contributed by atoms with Crippen molar-refractivity contribution in [3.8, 4) is 0 Å². The molecule has 5 nitrogen and oxygen atoms in total. The van der Waals surface area contributed by atoms with Crippen LogP contribution in [-0.4, -0.2) is 28.3 Å². The lowest BCUT2D eigenvalue weighted by Gasteiger charge is -2.30. The number of amides is 1. The number of aryl methyl sites for hydroxylation is 2. The summed E-state index contributed by atoms with van der Waals surface area (Å²) < 4.78 is 1.93. The lowest BCUT2D eigenvalue weighted by Crippen LogP contribution is -2.46. The molecular weight excluding hydrogens is 312 g/mol. The minimum atomic E-state index is -0.0154. The highest BCUT2D eigenvalue weighted by Crippen LogP contribution is 2.26. The van der Waals surface area contributed by atoms with Crippen molar-refractivity contribution >= 4 is 18.3 Å². The molecule has 0 spiro atoms. The second-order valence-corrected chi connectivity index (χ2v) is 6.48. The number of rotatable bonds is 6. The van der Waals surface area contributed by atoms with Crippen LogP contribution >= 0.6 is 12.4 Å². The zero-order valence-electron chi connectivity index (χ0n) is 14.6. The average Bonchev–Trinajstić information content (AvgIpc) is 2.80. The molecule has 132 valence electrons. The molecule has 1 aliphatic carbocycles. The fraction of sp³-hybridized carbons (Fsp3) is 0.765. The van der Waals surface area contributed by atoms with E-state index >= 15 is 0 Å². The van der Waals surface area contributed by atoms with Gasteiger partial charge in [0.05, 0.1) is 11.3 Å². The molecule has 1 saturated carbocycles. The third-order valence-electron chi connectivity index (χ3n) is 4.83. The summed E-state index contributed by atoms with van der Waals surface area (Å²) in [7, 11) is 0. The van der Waals surface area contributed by atoms with Crippen molar-refractivity contribution in [1.29, 1.82) is 0 Å². The van der Waals surface area contributed by atoms with E-state index in [9.17, 15) is 4.79 Å². The van der Waals surface area contributed by atoms with E-state index in [1.165, 1.54) is 32.1 Å². The highest BCUT2D eigenvalue weighted by atomic mass is 35.5. The maximum atomic E-state index is 12.7. The molecule has 0 saturated heterocycles. The Kier molecular flexibility index (Phi) is 8.06. The first-order valence-electron chi connectivity index (χ1n) is 8.63. The number of nitrogens with one attached hydrogen (secondary N) is 1. The fourth-order valence-electron chi connectivity index (χ4n) is 3.60. The molecule has 2 rings (SSSR count). The number of carbonyl (C=O) groups excluding carboxylic acids is 1. The van der Waals surface area contributed by atoms with Crippen LogP contribution in [0.1, 0.15) is 67.2 Å². The third-order valence-corrected chi connectivity index (χ3v) is 4.83. The number of hydrogen-bond donors (Lipinski definition) is 2. The molecule has 1 aromatic heterocycles. The van der Waals surface area contributed by atoms with Gasteiger partial charge in [-0.3, -0.25) is 9.48 Å². The Morgan fingerprint density at radius 2 is 2.00 bits per heavy atom. The van der Waals surface area contributed by atoms with Crippen LogP contribution in [0.25, 0.3) is 0 Å². The first-order chi connectivity index (χ1) is 10.6. The predicted molar refractivity (Wildman–Crippen MR) is 96.1 cm³/mol. The maximum Gasteiger partial charge on any atom is 0.255 e. The molecule has 0 aromatic carbocycles. The van der Waals surface area contributed by atoms with E-state index < -0.39 is 0 Å². The van der Waals surface area contributed by atoms with E-state index in [1.807, 2.05) is 18.5 Å². The quantitative estimate of drug-likeness (QED) is 0.834. The van der Waals surface area contributed by atoms with Crippen LogP contribution in [0.5, 0.6) is 0 Å². The van der Waals surface area contributed by atoms with Crippen LogP contribution in [0.2, 0.25) is 0 Å². The Balaban J connectivity index is 0.00000264. The van der Waals surface area contributed by atoms with E-state index in [0.717, 1.165) is 29.9 Å². The molecule has 1 fully saturated rings. The largest absolute Gasteiger partial charge is 0.348 e. The van der Waals surface area contributed by atoms with E-state index in [0.29, 0.717) is 12.5 Å². The van der Waals surface area contributed by atoms with Gasteiger partial charge in [0, 0.05) is 24.8 Å². The Morgan fingerprint density at radius 1 is 1.35 bits per heavy atom. The number of nitrogens with two attached hydrogens (primary N) is 1. The van der Waals surface area contributed by atoms with Crippen LogP contribution in [0, 0.1) is 19.8 Å². The number of hydrogen-bond acceptors (Lipinski definition) is 3. The SMILES string of the molecule is CCCn1nc(C)c(C(=O)NC(CN)C2CCCCC2)c1C.Cl. The van der Waals surface area contributed by atoms with Crippen LogP contribution in [0.15, 0.2) is 0 Å². The lowest BCUT2D eigenvalue weighted by molar-refractivity contribution is 0.0914. The van der Waals surface area contributed by atoms with E-state index in [2.05, 4.69) is 17.3 Å². The van der Waals surface area contributed by atoms with Gasteiger partial charge in [-0.15, -0.1) is 12.4 Å². The van der Waals surface area contributed by atoms with Gasteiger partial charge in [-0.05, 0) is 39.0 Å². The number of carbonyl (C=O) groups is 1. The van der Waals surface area contributed by atoms with Gasteiger partial charge in [-0.2, -0.15) is 5.10 Å². The molecular formula is C17H31ClN4O. The topological polar surface area (TPSA) is 72.9 Å². The summed E-state index contributed by atoms with van der Waals surface area (Å²) in [5, 5.41) is 7.66. The third kappa shape index (κ3) is 4.70. The van der Waals surface area contributed by atoms with E-state index in [4.69, 9.17) is 5.73 Å². The highest BCUT2D eigenvalue weighted by molar-refractivity contribution is 5.96. The minimum Gasteiger partial charge on any atom is -0.348 e. The van der Waals surface area contributed by atoms with Crippen molar-refractivity contribution in [2.45, 2.75) is 71.9 Å². The predicted octanol–water partition coefficient (Wildman–Crippen LogP) is 2.97. The lowest BCUT2D eigenvalue weighted by atomic mass is 9.84. The highest BCUT2D eigenvalue weighted by Gasteiger charge is 2.26. The summed E-state index contributed by atoms with van der Waals surface area (Å²) in [6.07, 6.45) is 7.18. The Bertz CT molecular complexity index is 509. The van der Waals surface area contributed by atoms with Gasteiger partial charge in [-0.1, -0.05) is 26.2 Å². The first-order valence-corrected chi connectivity index (χ1v) is 8.63. The van der Waals surface area contributed by atoms with Crippen molar-refractivity contribution in [2.75, 3.05) is 6.54 Å². The molecule has 0 radical (unpaired) electrons. The molecule has 1 unspecified atom stereocenters. The molecule has 3 N–H and O–H groups in total. The number of nitrogens with zero attached hydrogens (tertiary/aromatic N) is 2. The first kappa shape index (κ1) is 20.0. The molecule has 6 heteroatoms. The van der Waals surface area contributed by atoms with Gasteiger partial charge in [0.2, 0.25) is 0 Å². The van der Waals surface area contributed by atoms with E-state index in [1.54, 1.807) is 0 Å². The second-order valence-electron chi connectivity index (χ2n) is 6.48. The summed E-state index contributed by atoms with van der Waals surface area (Å²) in [5.74, 6) is 0.507. The van der Waals surface area contributed by atoms with Crippen molar-refractivity contribution in [2.24, 2.45) is 11.7 Å². The molecule has 1 aromatic rings. The summed E-state index contributed by atoms with van der Waals surface area (Å²) in [6, 6.07) is 0.0844. The van der Waals surface area contributed by atoms with Gasteiger partial charge in [0.25, 0.3) is 5.91 Å². The van der Waals surface area contributed by atoms with Crippen LogP contribution in [-0.2, 0) is 6.54 Å². The van der Waals surface area contributed by atoms with Crippen molar-refractivity contribution in [3.63, 3.8) is 0 Å².